The van der Waals surface area contributed by atoms with Gasteiger partial charge in [0, 0.05) is 38.2 Å². The van der Waals surface area contributed by atoms with E-state index in [1.807, 2.05) is 32.2 Å². The topological polar surface area (TPSA) is 56.8 Å². The van der Waals surface area contributed by atoms with Gasteiger partial charge >= 0.3 is 0 Å². The average molecular weight is 346 g/mol. The zero-order valence-corrected chi connectivity index (χ0v) is 14.8. The largest absolute Gasteiger partial charge is 0.369 e. The second-order valence-electron chi connectivity index (χ2n) is 5.81. The van der Waals surface area contributed by atoms with Crippen molar-refractivity contribution in [2.45, 2.75) is 32.7 Å². The molecule has 2 saturated heterocycles. The normalized spacial score (nSPS) is 21.7. The van der Waals surface area contributed by atoms with E-state index in [4.69, 9.17) is 0 Å². The molecule has 128 valence electrons. The third-order valence-electron chi connectivity index (χ3n) is 4.34. The maximum atomic E-state index is 12.6. The van der Waals surface area contributed by atoms with Crippen molar-refractivity contribution in [1.29, 1.82) is 0 Å². The van der Waals surface area contributed by atoms with E-state index < -0.39 is 0 Å². The van der Waals surface area contributed by atoms with Gasteiger partial charge in [-0.25, -0.2) is 0 Å². The number of hydrogen-bond donors (Lipinski definition) is 0. The Morgan fingerprint density at radius 1 is 1.25 bits per heavy atom. The molecule has 6 nitrogen and oxygen atoms in total. The van der Waals surface area contributed by atoms with Crippen molar-refractivity contribution in [3.63, 3.8) is 0 Å². The molecule has 3 rings (SSSR count). The number of aromatic nitrogens is 1. The Kier molecular flexibility index (Phi) is 5.08. The van der Waals surface area contributed by atoms with E-state index in [1.165, 1.54) is 12.1 Å². The number of pyridine rings is 1. The highest BCUT2D eigenvalue weighted by Crippen LogP contribution is 2.34. The standard InChI is InChI=1S/C17H22N4O2S/c1-3-20-16(22)14(17(23)21(4-2)24-20)12-19-10-6-8-15(19)13-7-5-9-18-11-13/h5,7,9,11-12,15H,3-4,6,8,10H2,1-2H3. The SMILES string of the molecule is CCN1SN(CC)C(=O)C(=CN2CCCC2c2cccnc2)C1=O. The lowest BCUT2D eigenvalue weighted by atomic mass is 10.1. The molecule has 1 aromatic heterocycles. The van der Waals surface area contributed by atoms with Crippen LogP contribution in [0, 0.1) is 0 Å². The highest BCUT2D eigenvalue weighted by Gasteiger charge is 2.36. The molecule has 1 atom stereocenters. The molecule has 1 unspecified atom stereocenters. The third-order valence-corrected chi connectivity index (χ3v) is 5.59. The Morgan fingerprint density at radius 2 is 1.96 bits per heavy atom. The van der Waals surface area contributed by atoms with E-state index in [0.29, 0.717) is 13.1 Å². The molecule has 2 amide bonds. The molecule has 2 aliphatic rings. The molecular weight excluding hydrogens is 324 g/mol. The van der Waals surface area contributed by atoms with Crippen molar-refractivity contribution in [3.05, 3.63) is 41.9 Å². The van der Waals surface area contributed by atoms with Crippen LogP contribution in [0.25, 0.3) is 0 Å². The molecule has 24 heavy (non-hydrogen) atoms. The first-order chi connectivity index (χ1) is 11.7. The Bertz CT molecular complexity index is 625. The summed E-state index contributed by atoms with van der Waals surface area (Å²) in [6, 6.07) is 4.14. The molecule has 0 N–H and O–H groups in total. The van der Waals surface area contributed by atoms with E-state index in [2.05, 4.69) is 9.88 Å². The predicted molar refractivity (Wildman–Crippen MR) is 93.4 cm³/mol. The van der Waals surface area contributed by atoms with Gasteiger partial charge in [-0.1, -0.05) is 6.07 Å². The van der Waals surface area contributed by atoms with Crippen LogP contribution in [0.5, 0.6) is 0 Å². The summed E-state index contributed by atoms with van der Waals surface area (Å²) in [4.78, 5) is 31.5. The minimum atomic E-state index is -0.200. The van der Waals surface area contributed by atoms with Crippen LogP contribution in [0.15, 0.2) is 36.3 Å². The van der Waals surface area contributed by atoms with E-state index in [0.717, 1.165) is 24.9 Å². The molecule has 1 aromatic rings. The first kappa shape index (κ1) is 16.8. The average Bonchev–Trinajstić information content (AvgIpc) is 3.08. The van der Waals surface area contributed by atoms with Crippen molar-refractivity contribution in [2.24, 2.45) is 0 Å². The Hall–Kier alpha value is -2.02. The number of likely N-dealkylation sites (tertiary alicyclic amines) is 1. The second kappa shape index (κ2) is 7.25. The summed E-state index contributed by atoms with van der Waals surface area (Å²) in [5.74, 6) is -0.400. The summed E-state index contributed by atoms with van der Waals surface area (Å²) in [5, 5.41) is 0. The van der Waals surface area contributed by atoms with E-state index in [-0.39, 0.29) is 23.4 Å². The molecule has 0 aromatic carbocycles. The van der Waals surface area contributed by atoms with Gasteiger partial charge in [0.25, 0.3) is 11.8 Å². The fourth-order valence-corrected chi connectivity index (χ4v) is 3.92. The van der Waals surface area contributed by atoms with Gasteiger partial charge in [-0.2, -0.15) is 0 Å². The summed E-state index contributed by atoms with van der Waals surface area (Å²) < 4.78 is 3.26. The van der Waals surface area contributed by atoms with E-state index in [9.17, 15) is 9.59 Å². The van der Waals surface area contributed by atoms with Crippen LogP contribution in [-0.4, -0.2) is 49.9 Å². The van der Waals surface area contributed by atoms with E-state index in [1.54, 1.807) is 21.0 Å². The smallest absolute Gasteiger partial charge is 0.272 e. The van der Waals surface area contributed by atoms with Crippen molar-refractivity contribution in [1.82, 2.24) is 18.5 Å². The summed E-state index contributed by atoms with van der Waals surface area (Å²) >= 11 is 1.20. The van der Waals surface area contributed by atoms with Gasteiger partial charge in [0.1, 0.15) is 5.57 Å². The molecule has 2 fully saturated rings. The Balaban J connectivity index is 1.89. The second-order valence-corrected chi connectivity index (χ2v) is 6.85. The Morgan fingerprint density at radius 3 is 2.54 bits per heavy atom. The lowest BCUT2D eigenvalue weighted by Crippen LogP contribution is -2.44. The van der Waals surface area contributed by atoms with Gasteiger partial charge < -0.3 is 4.90 Å². The molecule has 3 heterocycles. The van der Waals surface area contributed by atoms with Crippen LogP contribution in [0.1, 0.15) is 38.3 Å². The minimum absolute atomic E-state index is 0.173. The monoisotopic (exact) mass is 346 g/mol. The lowest BCUT2D eigenvalue weighted by molar-refractivity contribution is -0.130. The van der Waals surface area contributed by atoms with Crippen LogP contribution in [-0.2, 0) is 9.59 Å². The fraction of sp³-hybridized carbons (Fsp3) is 0.471. The number of carbonyl (C=O) groups is 2. The highest BCUT2D eigenvalue weighted by atomic mass is 32.2. The maximum Gasteiger partial charge on any atom is 0.272 e. The van der Waals surface area contributed by atoms with Crippen molar-refractivity contribution in [2.75, 3.05) is 19.6 Å². The number of rotatable bonds is 4. The molecule has 7 heteroatoms. The van der Waals surface area contributed by atoms with Gasteiger partial charge in [-0.3, -0.25) is 23.2 Å². The van der Waals surface area contributed by atoms with Crippen LogP contribution >= 0.6 is 12.1 Å². The van der Waals surface area contributed by atoms with Gasteiger partial charge in [0.2, 0.25) is 0 Å². The van der Waals surface area contributed by atoms with Crippen LogP contribution in [0.2, 0.25) is 0 Å². The van der Waals surface area contributed by atoms with Gasteiger partial charge in [-0.05, 0) is 38.3 Å². The highest BCUT2D eigenvalue weighted by molar-refractivity contribution is 7.96. The molecule has 2 aliphatic heterocycles. The number of carbonyl (C=O) groups excluding carboxylic acids is 2. The van der Waals surface area contributed by atoms with E-state index >= 15 is 0 Å². The fourth-order valence-electron chi connectivity index (χ4n) is 3.11. The molecule has 0 spiro atoms. The van der Waals surface area contributed by atoms with Gasteiger partial charge in [0.05, 0.1) is 18.2 Å². The summed E-state index contributed by atoms with van der Waals surface area (Å²) in [6.45, 7) is 5.81. The summed E-state index contributed by atoms with van der Waals surface area (Å²) in [7, 11) is 0. The first-order valence-electron chi connectivity index (χ1n) is 8.35. The van der Waals surface area contributed by atoms with Crippen LogP contribution in [0.3, 0.4) is 0 Å². The molecular formula is C17H22N4O2S. The number of amides is 2. The van der Waals surface area contributed by atoms with Gasteiger partial charge in [0.15, 0.2) is 0 Å². The van der Waals surface area contributed by atoms with Crippen LogP contribution < -0.4 is 0 Å². The van der Waals surface area contributed by atoms with Crippen molar-refractivity contribution in [3.8, 4) is 0 Å². The third kappa shape index (κ3) is 3.13. The minimum Gasteiger partial charge on any atom is -0.369 e. The quantitative estimate of drug-likeness (QED) is 0.476. The Labute approximate surface area is 146 Å². The number of hydrogen-bond acceptors (Lipinski definition) is 5. The summed E-state index contributed by atoms with van der Waals surface area (Å²) in [6.07, 6.45) is 7.42. The number of nitrogens with zero attached hydrogens (tertiary/aromatic N) is 4. The zero-order chi connectivity index (χ0) is 17.1. The molecule has 0 bridgehead atoms. The van der Waals surface area contributed by atoms with Gasteiger partial charge in [-0.15, -0.1) is 0 Å². The number of likely N-dealkylation sites (N-methyl/N-ethyl adjacent to an activating group) is 2. The molecule has 0 aliphatic carbocycles. The molecule has 0 saturated carbocycles. The van der Waals surface area contributed by atoms with Crippen molar-refractivity contribution >= 4 is 23.9 Å². The van der Waals surface area contributed by atoms with Crippen molar-refractivity contribution < 1.29 is 9.59 Å². The predicted octanol–water partition coefficient (Wildman–Crippen LogP) is 2.38. The summed E-state index contributed by atoms with van der Waals surface area (Å²) in [5.41, 5.74) is 1.38. The lowest BCUT2D eigenvalue weighted by Gasteiger charge is -2.34. The molecule has 0 radical (unpaired) electrons. The zero-order valence-electron chi connectivity index (χ0n) is 14.0. The maximum absolute atomic E-state index is 12.6. The van der Waals surface area contributed by atoms with Crippen LogP contribution in [0.4, 0.5) is 0 Å². The first-order valence-corrected chi connectivity index (χ1v) is 9.08.